The van der Waals surface area contributed by atoms with Gasteiger partial charge in [0.2, 0.25) is 0 Å². The molecule has 0 spiro atoms. The Morgan fingerprint density at radius 2 is 2.28 bits per heavy atom. The van der Waals surface area contributed by atoms with Crippen molar-refractivity contribution in [1.29, 1.82) is 0 Å². The largest absolute Gasteiger partial charge is 0.469 e. The standard InChI is InChI=1S/C14H14N2O2/c1-9-7-10(8-18-9)14(17)16-6-5-11-12(15)3-2-4-13(11)16/h2-4,7-8H,5-6,15H2,1H3. The highest BCUT2D eigenvalue weighted by atomic mass is 16.3. The third kappa shape index (κ3) is 1.57. The van der Waals surface area contributed by atoms with Crippen LogP contribution in [-0.4, -0.2) is 12.5 Å². The van der Waals surface area contributed by atoms with Gasteiger partial charge in [-0.05, 0) is 31.5 Å². The first kappa shape index (κ1) is 10.9. The maximum absolute atomic E-state index is 12.4. The van der Waals surface area contributed by atoms with Gasteiger partial charge in [0, 0.05) is 23.5 Å². The quantitative estimate of drug-likeness (QED) is 0.781. The molecule has 4 nitrogen and oxygen atoms in total. The zero-order valence-electron chi connectivity index (χ0n) is 10.1. The Balaban J connectivity index is 1.97. The molecule has 2 N–H and O–H groups in total. The summed E-state index contributed by atoms with van der Waals surface area (Å²) in [5, 5.41) is 0. The van der Waals surface area contributed by atoms with Crippen LogP contribution < -0.4 is 10.6 Å². The second kappa shape index (κ2) is 3.91. The van der Waals surface area contributed by atoms with E-state index < -0.39 is 0 Å². The molecule has 2 heterocycles. The number of carbonyl (C=O) groups is 1. The number of amides is 1. The van der Waals surface area contributed by atoms with Crippen LogP contribution in [0.25, 0.3) is 0 Å². The SMILES string of the molecule is Cc1cc(C(=O)N2CCc3c(N)cccc32)co1. The van der Waals surface area contributed by atoms with E-state index in [-0.39, 0.29) is 5.91 Å². The number of benzene rings is 1. The van der Waals surface area contributed by atoms with E-state index in [0.29, 0.717) is 12.1 Å². The predicted molar refractivity (Wildman–Crippen MR) is 69.7 cm³/mol. The lowest BCUT2D eigenvalue weighted by atomic mass is 10.1. The van der Waals surface area contributed by atoms with Crippen molar-refractivity contribution < 1.29 is 9.21 Å². The van der Waals surface area contributed by atoms with Gasteiger partial charge in [-0.3, -0.25) is 4.79 Å². The highest BCUT2D eigenvalue weighted by Crippen LogP contribution is 2.33. The number of hydrogen-bond acceptors (Lipinski definition) is 3. The van der Waals surface area contributed by atoms with Crippen LogP contribution in [-0.2, 0) is 6.42 Å². The third-order valence-electron chi connectivity index (χ3n) is 3.29. The van der Waals surface area contributed by atoms with Crippen LogP contribution in [0.15, 0.2) is 34.9 Å². The fourth-order valence-electron chi connectivity index (χ4n) is 2.38. The second-order valence-electron chi connectivity index (χ2n) is 4.50. The van der Waals surface area contributed by atoms with Crippen molar-refractivity contribution >= 4 is 17.3 Å². The number of nitrogens with zero attached hydrogens (tertiary/aromatic N) is 1. The summed E-state index contributed by atoms with van der Waals surface area (Å²) in [6, 6.07) is 7.44. The van der Waals surface area contributed by atoms with Crippen LogP contribution >= 0.6 is 0 Å². The molecule has 0 saturated heterocycles. The molecule has 4 heteroatoms. The Morgan fingerprint density at radius 3 is 3.00 bits per heavy atom. The topological polar surface area (TPSA) is 59.5 Å². The minimum Gasteiger partial charge on any atom is -0.469 e. The van der Waals surface area contributed by atoms with E-state index in [1.807, 2.05) is 25.1 Å². The second-order valence-corrected chi connectivity index (χ2v) is 4.50. The summed E-state index contributed by atoms with van der Waals surface area (Å²) in [6.07, 6.45) is 2.31. The number of anilines is 2. The summed E-state index contributed by atoms with van der Waals surface area (Å²) in [7, 11) is 0. The zero-order chi connectivity index (χ0) is 12.7. The predicted octanol–water partition coefficient (Wildman–Crippen LogP) is 2.37. The van der Waals surface area contributed by atoms with E-state index in [0.717, 1.165) is 29.1 Å². The monoisotopic (exact) mass is 242 g/mol. The summed E-state index contributed by atoms with van der Waals surface area (Å²) in [5.41, 5.74) is 9.24. The van der Waals surface area contributed by atoms with Crippen LogP contribution in [0.1, 0.15) is 21.7 Å². The molecule has 2 aromatic rings. The number of nitrogen functional groups attached to an aromatic ring is 1. The molecular formula is C14H14N2O2. The van der Waals surface area contributed by atoms with Gasteiger partial charge in [-0.1, -0.05) is 6.07 Å². The molecule has 1 aromatic carbocycles. The molecule has 0 bridgehead atoms. The van der Waals surface area contributed by atoms with Gasteiger partial charge in [-0.15, -0.1) is 0 Å². The maximum Gasteiger partial charge on any atom is 0.261 e. The Bertz CT molecular complexity index is 616. The molecule has 0 unspecified atom stereocenters. The van der Waals surface area contributed by atoms with Crippen molar-refractivity contribution in [2.75, 3.05) is 17.2 Å². The molecule has 1 aliphatic heterocycles. The summed E-state index contributed by atoms with van der Waals surface area (Å²) in [6.45, 7) is 2.50. The highest BCUT2D eigenvalue weighted by molar-refractivity contribution is 6.07. The third-order valence-corrected chi connectivity index (χ3v) is 3.29. The average molecular weight is 242 g/mol. The smallest absolute Gasteiger partial charge is 0.261 e. The fourth-order valence-corrected chi connectivity index (χ4v) is 2.38. The van der Waals surface area contributed by atoms with E-state index in [4.69, 9.17) is 10.2 Å². The van der Waals surface area contributed by atoms with Gasteiger partial charge in [0.05, 0.1) is 5.56 Å². The molecule has 1 aromatic heterocycles. The minimum atomic E-state index is -0.0313. The van der Waals surface area contributed by atoms with Crippen molar-refractivity contribution in [3.05, 3.63) is 47.4 Å². The molecule has 0 radical (unpaired) electrons. The molecule has 18 heavy (non-hydrogen) atoms. The first-order valence-electron chi connectivity index (χ1n) is 5.91. The van der Waals surface area contributed by atoms with Gasteiger partial charge >= 0.3 is 0 Å². The number of hydrogen-bond donors (Lipinski definition) is 1. The molecule has 1 aliphatic rings. The lowest BCUT2D eigenvalue weighted by Gasteiger charge is -2.16. The van der Waals surface area contributed by atoms with Crippen LogP contribution in [0.3, 0.4) is 0 Å². The van der Waals surface area contributed by atoms with Gasteiger partial charge in [-0.25, -0.2) is 0 Å². The Labute approximate surface area is 105 Å². The van der Waals surface area contributed by atoms with Gasteiger partial charge in [0.15, 0.2) is 0 Å². The van der Waals surface area contributed by atoms with Crippen LogP contribution in [0, 0.1) is 6.92 Å². The van der Waals surface area contributed by atoms with E-state index >= 15 is 0 Å². The van der Waals surface area contributed by atoms with Crippen LogP contribution in [0.4, 0.5) is 11.4 Å². The summed E-state index contributed by atoms with van der Waals surface area (Å²) < 4.78 is 5.18. The maximum atomic E-state index is 12.4. The van der Waals surface area contributed by atoms with E-state index in [1.54, 1.807) is 11.0 Å². The number of fused-ring (bicyclic) bond motifs is 1. The number of aryl methyl sites for hydroxylation is 1. The average Bonchev–Trinajstić information content (AvgIpc) is 2.95. The number of rotatable bonds is 1. The number of furan rings is 1. The van der Waals surface area contributed by atoms with Gasteiger partial charge in [-0.2, -0.15) is 0 Å². The first-order valence-corrected chi connectivity index (χ1v) is 5.91. The Morgan fingerprint density at radius 1 is 1.44 bits per heavy atom. The lowest BCUT2D eigenvalue weighted by Crippen LogP contribution is -2.28. The van der Waals surface area contributed by atoms with Crippen molar-refractivity contribution in [3.8, 4) is 0 Å². The molecule has 3 rings (SSSR count). The van der Waals surface area contributed by atoms with Gasteiger partial charge < -0.3 is 15.1 Å². The summed E-state index contributed by atoms with van der Waals surface area (Å²) in [4.78, 5) is 14.1. The molecule has 92 valence electrons. The minimum absolute atomic E-state index is 0.0313. The van der Waals surface area contributed by atoms with E-state index in [2.05, 4.69) is 0 Å². The van der Waals surface area contributed by atoms with Crippen molar-refractivity contribution in [3.63, 3.8) is 0 Å². The van der Waals surface area contributed by atoms with Gasteiger partial charge in [0.25, 0.3) is 5.91 Å². The van der Waals surface area contributed by atoms with E-state index in [9.17, 15) is 4.79 Å². The van der Waals surface area contributed by atoms with Crippen molar-refractivity contribution in [2.24, 2.45) is 0 Å². The lowest BCUT2D eigenvalue weighted by molar-refractivity contribution is 0.0989. The normalized spacial score (nSPS) is 13.7. The zero-order valence-corrected chi connectivity index (χ0v) is 10.1. The molecule has 0 saturated carbocycles. The summed E-state index contributed by atoms with van der Waals surface area (Å²) >= 11 is 0. The van der Waals surface area contributed by atoms with Crippen LogP contribution in [0.5, 0.6) is 0 Å². The molecule has 0 atom stereocenters. The molecule has 0 aliphatic carbocycles. The van der Waals surface area contributed by atoms with Gasteiger partial charge in [0.1, 0.15) is 12.0 Å². The highest BCUT2D eigenvalue weighted by Gasteiger charge is 2.27. The Hall–Kier alpha value is -2.23. The molecular weight excluding hydrogens is 228 g/mol. The first-order chi connectivity index (χ1) is 8.66. The Kier molecular flexibility index (Phi) is 2.37. The van der Waals surface area contributed by atoms with Crippen LogP contribution in [0.2, 0.25) is 0 Å². The molecule has 1 amide bonds. The molecule has 0 fully saturated rings. The number of carbonyl (C=O) groups excluding carboxylic acids is 1. The number of nitrogens with two attached hydrogens (primary N) is 1. The van der Waals surface area contributed by atoms with E-state index in [1.165, 1.54) is 6.26 Å². The van der Waals surface area contributed by atoms with Crippen molar-refractivity contribution in [2.45, 2.75) is 13.3 Å². The summed E-state index contributed by atoms with van der Waals surface area (Å²) in [5.74, 6) is 0.710. The van der Waals surface area contributed by atoms with Crippen molar-refractivity contribution in [1.82, 2.24) is 0 Å². The fraction of sp³-hybridized carbons (Fsp3) is 0.214.